The molecule has 0 radical (unpaired) electrons. The number of aromatic nitrogens is 5. The lowest BCUT2D eigenvalue weighted by molar-refractivity contribution is -0.139. The minimum Gasteiger partial charge on any atom is -0.453 e. The lowest BCUT2D eigenvalue weighted by Crippen LogP contribution is -2.55. The second-order valence-electron chi connectivity index (χ2n) is 16.5. The summed E-state index contributed by atoms with van der Waals surface area (Å²) in [5.74, 6) is 0.799. The minimum absolute atomic E-state index is 0.129. The molecule has 0 unspecified atom stereocenters. The van der Waals surface area contributed by atoms with Gasteiger partial charge in [0.25, 0.3) is 0 Å². The molecule has 0 bridgehead atoms. The highest BCUT2D eigenvalue weighted by Crippen LogP contribution is 2.42. The van der Waals surface area contributed by atoms with Gasteiger partial charge in [-0.15, -0.1) is 11.3 Å². The molecule has 0 spiro atoms. The Bertz CT molecular complexity index is 2350. The normalized spacial score (nSPS) is 20.3. The maximum atomic E-state index is 13.9. The molecule has 5 heterocycles. The van der Waals surface area contributed by atoms with Crippen LogP contribution in [0.25, 0.3) is 43.9 Å². The molecule has 15 nitrogen and oxygen atoms in total. The molecule has 16 heteroatoms. The number of aromatic amines is 2. The third-order valence-electron chi connectivity index (χ3n) is 12.0. The first-order valence-corrected chi connectivity index (χ1v) is 21.0. The molecule has 2 aromatic carbocycles. The number of H-pyrrole nitrogens is 2. The molecule has 0 saturated carbocycles. The van der Waals surface area contributed by atoms with Gasteiger partial charge < -0.3 is 39.9 Å². The van der Waals surface area contributed by atoms with E-state index in [0.29, 0.717) is 24.7 Å². The fraction of sp³-hybridized carbons (Fsp3) is 0.465. The number of carbonyl (C=O) groups is 4. The molecular formula is C43H53N9O6S. The molecule has 3 aromatic heterocycles. The fourth-order valence-electron chi connectivity index (χ4n) is 8.56. The number of fused-ring (bicyclic) bond motifs is 1. The zero-order valence-corrected chi connectivity index (χ0v) is 35.7. The maximum Gasteiger partial charge on any atom is 0.407 e. The lowest BCUT2D eigenvalue weighted by Gasteiger charge is -2.37. The van der Waals surface area contributed by atoms with Crippen molar-refractivity contribution in [1.82, 2.24) is 45.4 Å². The Morgan fingerprint density at radius 2 is 1.17 bits per heavy atom. The van der Waals surface area contributed by atoms with Gasteiger partial charge in [0.15, 0.2) is 0 Å². The van der Waals surface area contributed by atoms with Gasteiger partial charge in [-0.05, 0) is 62.5 Å². The fourth-order valence-corrected chi connectivity index (χ4v) is 9.40. The first-order chi connectivity index (χ1) is 28.2. The number of likely N-dealkylation sites (tertiary alicyclic amines) is 2. The SMILES string of the molecule is COC(=O)N[C@H](C(=O)N1CCC[C@@]1(C)c1ncc(-c2ccc(-c3ccc(-c4cnc([C@]5(C)CCCN5C(=O)[C@@H](NC(=O)OC)C(C)C)[nH]4)c4scnc34)cc2)[nH]1)C(C)C. The minimum atomic E-state index is -0.727. The number of hydrogen-bond donors (Lipinski definition) is 4. The summed E-state index contributed by atoms with van der Waals surface area (Å²) in [6.45, 7) is 12.8. The van der Waals surface area contributed by atoms with Gasteiger partial charge in [0.2, 0.25) is 11.8 Å². The smallest absolute Gasteiger partial charge is 0.407 e. The van der Waals surface area contributed by atoms with Crippen molar-refractivity contribution in [2.24, 2.45) is 11.8 Å². The summed E-state index contributed by atoms with van der Waals surface area (Å²) in [7, 11) is 2.58. The van der Waals surface area contributed by atoms with Crippen molar-refractivity contribution in [3.8, 4) is 33.6 Å². The van der Waals surface area contributed by atoms with Crippen molar-refractivity contribution in [2.75, 3.05) is 27.3 Å². The van der Waals surface area contributed by atoms with Crippen LogP contribution in [0.5, 0.6) is 0 Å². The van der Waals surface area contributed by atoms with E-state index in [-0.39, 0.29) is 23.7 Å². The molecule has 2 saturated heterocycles. The molecule has 312 valence electrons. The van der Waals surface area contributed by atoms with Crippen LogP contribution in [-0.4, -0.2) is 98.1 Å². The van der Waals surface area contributed by atoms with Gasteiger partial charge in [-0.25, -0.2) is 24.5 Å². The van der Waals surface area contributed by atoms with E-state index in [4.69, 9.17) is 24.4 Å². The third kappa shape index (κ3) is 7.65. The monoisotopic (exact) mass is 823 g/mol. The number of alkyl carbamates (subject to hydrolysis) is 2. The molecule has 5 aromatic rings. The molecular weight excluding hydrogens is 771 g/mol. The number of nitrogens with zero attached hydrogens (tertiary/aromatic N) is 5. The van der Waals surface area contributed by atoms with Gasteiger partial charge in [-0.3, -0.25) is 9.59 Å². The molecule has 2 aliphatic rings. The summed E-state index contributed by atoms with van der Waals surface area (Å²) in [6, 6.07) is 11.0. The van der Waals surface area contributed by atoms with E-state index in [0.717, 1.165) is 69.5 Å². The number of carbonyl (C=O) groups excluding carboxylic acids is 4. The van der Waals surface area contributed by atoms with E-state index in [1.807, 2.05) is 63.0 Å². The van der Waals surface area contributed by atoms with Crippen LogP contribution < -0.4 is 10.6 Å². The second-order valence-corrected chi connectivity index (χ2v) is 17.4. The number of methoxy groups -OCH3 is 2. The number of benzene rings is 2. The quantitative estimate of drug-likeness (QED) is 0.107. The van der Waals surface area contributed by atoms with Crippen LogP contribution in [0.1, 0.15) is 78.9 Å². The summed E-state index contributed by atoms with van der Waals surface area (Å²) >= 11 is 1.56. The summed E-state index contributed by atoms with van der Waals surface area (Å²) in [4.78, 5) is 76.9. The van der Waals surface area contributed by atoms with E-state index in [1.165, 1.54) is 14.2 Å². The second kappa shape index (κ2) is 16.5. The van der Waals surface area contributed by atoms with Crippen molar-refractivity contribution in [2.45, 2.75) is 90.4 Å². The summed E-state index contributed by atoms with van der Waals surface area (Å²) in [6.07, 6.45) is 5.44. The summed E-state index contributed by atoms with van der Waals surface area (Å²) in [5.41, 5.74) is 6.94. The van der Waals surface area contributed by atoms with Crippen molar-refractivity contribution < 1.29 is 28.7 Å². The Labute approximate surface area is 347 Å². The zero-order valence-electron chi connectivity index (χ0n) is 34.8. The average molecular weight is 824 g/mol. The van der Waals surface area contributed by atoms with E-state index >= 15 is 0 Å². The van der Waals surface area contributed by atoms with Crippen LogP contribution in [0.4, 0.5) is 9.59 Å². The molecule has 2 fully saturated rings. The van der Waals surface area contributed by atoms with Crippen molar-refractivity contribution in [3.63, 3.8) is 0 Å². The molecule has 4 amide bonds. The van der Waals surface area contributed by atoms with Gasteiger partial charge in [0.1, 0.15) is 23.7 Å². The van der Waals surface area contributed by atoms with Gasteiger partial charge in [0.05, 0.1) is 64.8 Å². The number of imidazole rings is 2. The molecule has 59 heavy (non-hydrogen) atoms. The van der Waals surface area contributed by atoms with Crippen LogP contribution in [0.3, 0.4) is 0 Å². The predicted molar refractivity (Wildman–Crippen MR) is 225 cm³/mol. The Balaban J connectivity index is 1.10. The molecule has 0 aliphatic carbocycles. The number of nitrogens with one attached hydrogen (secondary N) is 4. The Hall–Kier alpha value is -5.77. The van der Waals surface area contributed by atoms with Crippen molar-refractivity contribution in [3.05, 3.63) is 66.0 Å². The molecule has 7 rings (SSSR count). The van der Waals surface area contributed by atoms with E-state index in [2.05, 4.69) is 57.0 Å². The third-order valence-corrected chi connectivity index (χ3v) is 12.9. The highest BCUT2D eigenvalue weighted by atomic mass is 32.1. The molecule has 4 atom stereocenters. The first-order valence-electron chi connectivity index (χ1n) is 20.1. The topological polar surface area (TPSA) is 188 Å². The number of hydrogen-bond acceptors (Lipinski definition) is 10. The Kier molecular flexibility index (Phi) is 11.6. The van der Waals surface area contributed by atoms with Crippen LogP contribution in [0.15, 0.2) is 54.3 Å². The van der Waals surface area contributed by atoms with Crippen LogP contribution in [0.2, 0.25) is 0 Å². The molecule has 4 N–H and O–H groups in total. The van der Waals surface area contributed by atoms with Gasteiger partial charge in [-0.2, -0.15) is 0 Å². The maximum absolute atomic E-state index is 13.9. The van der Waals surface area contributed by atoms with Crippen molar-refractivity contribution in [1.29, 1.82) is 0 Å². The molecule has 2 aliphatic heterocycles. The highest BCUT2D eigenvalue weighted by Gasteiger charge is 2.47. The number of ether oxygens (including phenoxy) is 2. The largest absolute Gasteiger partial charge is 0.453 e. The van der Waals surface area contributed by atoms with Gasteiger partial charge in [0, 0.05) is 24.2 Å². The predicted octanol–water partition coefficient (Wildman–Crippen LogP) is 7.18. The van der Waals surface area contributed by atoms with Gasteiger partial charge >= 0.3 is 12.2 Å². The Morgan fingerprint density at radius 1 is 0.695 bits per heavy atom. The zero-order chi connectivity index (χ0) is 42.2. The van der Waals surface area contributed by atoms with Gasteiger partial charge in [-0.1, -0.05) is 64.1 Å². The highest BCUT2D eigenvalue weighted by molar-refractivity contribution is 7.17. The number of amides is 4. The average Bonchev–Trinajstić information content (AvgIpc) is 4.08. The van der Waals surface area contributed by atoms with Crippen LogP contribution in [0, 0.1) is 11.8 Å². The first kappa shape index (κ1) is 41.4. The van der Waals surface area contributed by atoms with Crippen LogP contribution >= 0.6 is 11.3 Å². The Morgan fingerprint density at radius 3 is 1.68 bits per heavy atom. The van der Waals surface area contributed by atoms with E-state index in [9.17, 15) is 19.2 Å². The van der Waals surface area contributed by atoms with E-state index in [1.54, 1.807) is 17.5 Å². The van der Waals surface area contributed by atoms with Crippen molar-refractivity contribution >= 4 is 45.6 Å². The lowest BCUT2D eigenvalue weighted by atomic mass is 9.95. The van der Waals surface area contributed by atoms with Crippen LogP contribution in [-0.2, 0) is 30.1 Å². The standard InChI is InChI=1S/C43H53N9O6S/c1-24(2)32(49-40(55)57-7)36(53)51-19-9-17-42(51,5)38-44-21-30(47-38)27-13-11-26(12-14-27)28-15-16-29(35-34(28)46-23-59-35)31-22-45-39(48-31)43(6)18-10-20-52(43)37(54)33(25(3)4)50-41(56)58-8/h11-16,21-25,32-33H,9-10,17-20H2,1-8H3,(H,44,47)(H,45,48)(H,49,55)(H,50,56)/t32-,33-,42-,43-/m0/s1. The summed E-state index contributed by atoms with van der Waals surface area (Å²) < 4.78 is 10.6. The summed E-state index contributed by atoms with van der Waals surface area (Å²) in [5, 5.41) is 5.44. The van der Waals surface area contributed by atoms with E-state index < -0.39 is 35.3 Å². The number of thiazole rings is 1. The number of rotatable bonds is 11.